The van der Waals surface area contributed by atoms with Gasteiger partial charge in [-0.3, -0.25) is 9.69 Å². The van der Waals surface area contributed by atoms with Gasteiger partial charge in [-0.15, -0.1) is 0 Å². The third-order valence-corrected chi connectivity index (χ3v) is 5.67. The lowest BCUT2D eigenvalue weighted by atomic mass is 9.95. The number of hydrogen-bond donors (Lipinski definition) is 1. The topological polar surface area (TPSA) is 32.3 Å². The first-order valence-electron chi connectivity index (χ1n) is 8.24. The van der Waals surface area contributed by atoms with Crippen LogP contribution in [0.15, 0.2) is 46.9 Å². The molecule has 25 heavy (non-hydrogen) atoms. The Labute approximate surface area is 166 Å². The number of carbonyl (C=O) groups excluding carboxylic acids is 1. The Balaban J connectivity index is 1.51. The van der Waals surface area contributed by atoms with E-state index < -0.39 is 0 Å². The number of benzene rings is 2. The second-order valence-electron chi connectivity index (χ2n) is 6.30. The lowest BCUT2D eigenvalue weighted by molar-refractivity contribution is -0.121. The molecule has 2 aromatic rings. The fraction of sp³-hybridized carbons (Fsp3) is 0.316. The minimum Gasteiger partial charge on any atom is -0.326 e. The summed E-state index contributed by atoms with van der Waals surface area (Å²) >= 11 is 15.4. The minimum atomic E-state index is 0.0354. The van der Waals surface area contributed by atoms with E-state index in [0.717, 1.165) is 36.9 Å². The van der Waals surface area contributed by atoms with Crippen molar-refractivity contribution < 1.29 is 4.79 Å². The van der Waals surface area contributed by atoms with Crippen LogP contribution in [0, 0.1) is 5.92 Å². The van der Waals surface area contributed by atoms with Crippen LogP contribution in [0.3, 0.4) is 0 Å². The maximum atomic E-state index is 12.5. The molecule has 3 nitrogen and oxygen atoms in total. The molecule has 0 aromatic heterocycles. The largest absolute Gasteiger partial charge is 0.326 e. The Morgan fingerprint density at radius 1 is 1.12 bits per heavy atom. The molecule has 1 heterocycles. The SMILES string of the molecule is O=C(Nc1ccc(Cl)c(Cl)c1)C1CCN(Cc2cccc(Br)c2)CC1. The molecular weight excluding hydrogens is 423 g/mol. The van der Waals surface area contributed by atoms with Gasteiger partial charge in [0.2, 0.25) is 5.91 Å². The molecule has 0 aliphatic carbocycles. The summed E-state index contributed by atoms with van der Waals surface area (Å²) in [5.41, 5.74) is 1.98. The van der Waals surface area contributed by atoms with Crippen LogP contribution in [0.5, 0.6) is 0 Å². The van der Waals surface area contributed by atoms with E-state index in [1.807, 2.05) is 6.07 Å². The molecule has 1 fully saturated rings. The molecule has 0 unspecified atom stereocenters. The molecule has 1 aliphatic rings. The van der Waals surface area contributed by atoms with Gasteiger partial charge in [0, 0.05) is 22.6 Å². The Bertz CT molecular complexity index is 761. The van der Waals surface area contributed by atoms with Gasteiger partial charge in [-0.1, -0.05) is 51.3 Å². The molecule has 1 saturated heterocycles. The first kappa shape index (κ1) is 18.7. The average Bonchev–Trinajstić information content (AvgIpc) is 2.59. The van der Waals surface area contributed by atoms with Crippen LogP contribution in [0.25, 0.3) is 0 Å². The zero-order chi connectivity index (χ0) is 17.8. The summed E-state index contributed by atoms with van der Waals surface area (Å²) in [7, 11) is 0. The summed E-state index contributed by atoms with van der Waals surface area (Å²) in [6, 6.07) is 13.5. The molecule has 0 radical (unpaired) electrons. The number of rotatable bonds is 4. The van der Waals surface area contributed by atoms with E-state index in [1.165, 1.54) is 5.56 Å². The molecule has 0 bridgehead atoms. The molecule has 1 aliphatic heterocycles. The molecule has 0 spiro atoms. The summed E-state index contributed by atoms with van der Waals surface area (Å²) in [5.74, 6) is 0.0914. The van der Waals surface area contributed by atoms with Crippen LogP contribution in [0.4, 0.5) is 5.69 Å². The van der Waals surface area contributed by atoms with E-state index in [0.29, 0.717) is 15.7 Å². The van der Waals surface area contributed by atoms with E-state index in [4.69, 9.17) is 23.2 Å². The third kappa shape index (κ3) is 5.20. The van der Waals surface area contributed by atoms with Gasteiger partial charge in [0.25, 0.3) is 0 Å². The molecule has 6 heteroatoms. The van der Waals surface area contributed by atoms with E-state index in [1.54, 1.807) is 18.2 Å². The van der Waals surface area contributed by atoms with E-state index in [-0.39, 0.29) is 11.8 Å². The normalized spacial score (nSPS) is 16.0. The zero-order valence-corrected chi connectivity index (χ0v) is 16.7. The Kier molecular flexibility index (Phi) is 6.39. The first-order valence-corrected chi connectivity index (χ1v) is 9.79. The van der Waals surface area contributed by atoms with Crippen LogP contribution in [-0.4, -0.2) is 23.9 Å². The Morgan fingerprint density at radius 3 is 2.56 bits per heavy atom. The smallest absolute Gasteiger partial charge is 0.227 e. The van der Waals surface area contributed by atoms with Crippen molar-refractivity contribution in [3.05, 3.63) is 62.5 Å². The maximum Gasteiger partial charge on any atom is 0.227 e. The summed E-state index contributed by atoms with van der Waals surface area (Å²) in [6.45, 7) is 2.76. The van der Waals surface area contributed by atoms with Crippen molar-refractivity contribution in [2.45, 2.75) is 19.4 Å². The van der Waals surface area contributed by atoms with Crippen molar-refractivity contribution in [3.8, 4) is 0 Å². The van der Waals surface area contributed by atoms with Gasteiger partial charge in [-0.05, 0) is 61.8 Å². The highest BCUT2D eigenvalue weighted by atomic mass is 79.9. The van der Waals surface area contributed by atoms with Crippen molar-refractivity contribution in [3.63, 3.8) is 0 Å². The molecule has 1 N–H and O–H groups in total. The first-order chi connectivity index (χ1) is 12.0. The molecule has 132 valence electrons. The number of anilines is 1. The summed E-state index contributed by atoms with van der Waals surface area (Å²) < 4.78 is 1.10. The van der Waals surface area contributed by atoms with Gasteiger partial charge in [-0.2, -0.15) is 0 Å². The molecule has 0 saturated carbocycles. The lowest BCUT2D eigenvalue weighted by Gasteiger charge is -2.31. The molecule has 1 amide bonds. The highest BCUT2D eigenvalue weighted by Gasteiger charge is 2.25. The number of likely N-dealkylation sites (tertiary alicyclic amines) is 1. The maximum absolute atomic E-state index is 12.5. The van der Waals surface area contributed by atoms with Crippen molar-refractivity contribution in [1.29, 1.82) is 0 Å². The quantitative estimate of drug-likeness (QED) is 0.668. The monoisotopic (exact) mass is 440 g/mol. The summed E-state index contributed by atoms with van der Waals surface area (Å²) in [5, 5.41) is 3.88. The number of nitrogens with one attached hydrogen (secondary N) is 1. The average molecular weight is 442 g/mol. The summed E-state index contributed by atoms with van der Waals surface area (Å²) in [4.78, 5) is 14.9. The Morgan fingerprint density at radius 2 is 1.88 bits per heavy atom. The number of carbonyl (C=O) groups is 1. The van der Waals surface area contributed by atoms with Crippen LogP contribution in [-0.2, 0) is 11.3 Å². The molecule has 2 aromatic carbocycles. The van der Waals surface area contributed by atoms with E-state index >= 15 is 0 Å². The van der Waals surface area contributed by atoms with E-state index in [2.05, 4.69) is 44.3 Å². The van der Waals surface area contributed by atoms with Crippen molar-refractivity contribution in [2.24, 2.45) is 5.92 Å². The van der Waals surface area contributed by atoms with Crippen LogP contribution < -0.4 is 5.32 Å². The molecule has 3 rings (SSSR count). The Hall–Kier alpha value is -1.07. The number of amides is 1. The standard InChI is InChI=1S/C19H19BrCl2N2O/c20-15-3-1-2-13(10-15)12-24-8-6-14(7-9-24)19(25)23-16-4-5-17(21)18(22)11-16/h1-5,10-11,14H,6-9,12H2,(H,23,25). The predicted molar refractivity (Wildman–Crippen MR) is 107 cm³/mol. The van der Waals surface area contributed by atoms with Crippen LogP contribution in [0.2, 0.25) is 10.0 Å². The highest BCUT2D eigenvalue weighted by molar-refractivity contribution is 9.10. The molecular formula is C19H19BrCl2N2O. The number of nitrogens with zero attached hydrogens (tertiary/aromatic N) is 1. The predicted octanol–water partition coefficient (Wildman–Crippen LogP) is 5.61. The number of halogens is 3. The minimum absolute atomic E-state index is 0.0354. The van der Waals surface area contributed by atoms with Gasteiger partial charge >= 0.3 is 0 Å². The van der Waals surface area contributed by atoms with Gasteiger partial charge in [0.15, 0.2) is 0 Å². The van der Waals surface area contributed by atoms with E-state index in [9.17, 15) is 4.79 Å². The van der Waals surface area contributed by atoms with Crippen molar-refractivity contribution in [1.82, 2.24) is 4.90 Å². The zero-order valence-electron chi connectivity index (χ0n) is 13.6. The van der Waals surface area contributed by atoms with Gasteiger partial charge < -0.3 is 5.32 Å². The van der Waals surface area contributed by atoms with Gasteiger partial charge in [-0.25, -0.2) is 0 Å². The number of hydrogen-bond acceptors (Lipinski definition) is 2. The van der Waals surface area contributed by atoms with Gasteiger partial charge in [0.05, 0.1) is 10.0 Å². The van der Waals surface area contributed by atoms with Crippen LogP contribution in [0.1, 0.15) is 18.4 Å². The van der Waals surface area contributed by atoms with Crippen molar-refractivity contribution in [2.75, 3.05) is 18.4 Å². The second-order valence-corrected chi connectivity index (χ2v) is 8.03. The highest BCUT2D eigenvalue weighted by Crippen LogP contribution is 2.26. The number of piperidine rings is 1. The fourth-order valence-electron chi connectivity index (χ4n) is 3.06. The van der Waals surface area contributed by atoms with Gasteiger partial charge in [0.1, 0.15) is 0 Å². The lowest BCUT2D eigenvalue weighted by Crippen LogP contribution is -2.37. The van der Waals surface area contributed by atoms with Crippen LogP contribution >= 0.6 is 39.1 Å². The fourth-order valence-corrected chi connectivity index (χ4v) is 3.81. The molecule has 0 atom stereocenters. The summed E-state index contributed by atoms with van der Waals surface area (Å²) in [6.07, 6.45) is 1.72. The third-order valence-electron chi connectivity index (χ3n) is 4.44. The second kappa shape index (κ2) is 8.54. The van der Waals surface area contributed by atoms with Crippen molar-refractivity contribution >= 4 is 50.7 Å².